The summed E-state index contributed by atoms with van der Waals surface area (Å²) in [6.07, 6.45) is 10.1. The van der Waals surface area contributed by atoms with E-state index in [1.165, 1.54) is 25.5 Å². The van der Waals surface area contributed by atoms with Gasteiger partial charge in [-0.15, -0.1) is 10.2 Å². The molecule has 1 saturated carbocycles. The molecular weight excluding hydrogens is 284 g/mol. The lowest BCUT2D eigenvalue weighted by atomic mass is 9.95. The molecule has 8 nitrogen and oxygen atoms in total. The number of aromatic amines is 1. The predicted molar refractivity (Wildman–Crippen MR) is 78.2 cm³/mol. The Morgan fingerprint density at radius 1 is 1.36 bits per heavy atom. The second-order valence-corrected chi connectivity index (χ2v) is 5.43. The van der Waals surface area contributed by atoms with Crippen molar-refractivity contribution >= 4 is 5.91 Å². The SMILES string of the molecule is O=C(NCc1nncn1C1CCCCC1)c1c[nH]c(=O)cn1. The highest BCUT2D eigenvalue weighted by molar-refractivity contribution is 5.91. The summed E-state index contributed by atoms with van der Waals surface area (Å²) in [7, 11) is 0. The molecular formula is C14H18N6O2. The zero-order valence-corrected chi connectivity index (χ0v) is 12.2. The lowest BCUT2D eigenvalue weighted by Crippen LogP contribution is -2.27. The molecule has 3 rings (SSSR count). The van der Waals surface area contributed by atoms with E-state index in [1.807, 2.05) is 0 Å². The molecule has 1 aliphatic carbocycles. The first kappa shape index (κ1) is 14.4. The van der Waals surface area contributed by atoms with E-state index in [4.69, 9.17) is 0 Å². The molecule has 116 valence electrons. The average molecular weight is 302 g/mol. The zero-order valence-electron chi connectivity index (χ0n) is 12.2. The van der Waals surface area contributed by atoms with Gasteiger partial charge >= 0.3 is 0 Å². The fourth-order valence-corrected chi connectivity index (χ4v) is 2.77. The summed E-state index contributed by atoms with van der Waals surface area (Å²) in [4.78, 5) is 29.1. The van der Waals surface area contributed by atoms with Crippen LogP contribution in [-0.2, 0) is 6.54 Å². The van der Waals surface area contributed by atoms with Crippen LogP contribution in [0.4, 0.5) is 0 Å². The van der Waals surface area contributed by atoms with Crippen LogP contribution in [0.3, 0.4) is 0 Å². The molecule has 2 N–H and O–H groups in total. The molecule has 2 heterocycles. The van der Waals surface area contributed by atoms with Crippen LogP contribution in [0.25, 0.3) is 0 Å². The fourth-order valence-electron chi connectivity index (χ4n) is 2.77. The third-order valence-electron chi connectivity index (χ3n) is 3.93. The molecule has 0 bridgehead atoms. The molecule has 1 fully saturated rings. The van der Waals surface area contributed by atoms with Crippen LogP contribution in [0.1, 0.15) is 54.5 Å². The highest BCUT2D eigenvalue weighted by atomic mass is 16.2. The Morgan fingerprint density at radius 3 is 2.91 bits per heavy atom. The second-order valence-electron chi connectivity index (χ2n) is 5.43. The van der Waals surface area contributed by atoms with Crippen molar-refractivity contribution in [2.75, 3.05) is 0 Å². The molecule has 0 aromatic carbocycles. The lowest BCUT2D eigenvalue weighted by molar-refractivity contribution is 0.0943. The van der Waals surface area contributed by atoms with E-state index < -0.39 is 0 Å². The van der Waals surface area contributed by atoms with Crippen molar-refractivity contribution in [1.82, 2.24) is 30.0 Å². The van der Waals surface area contributed by atoms with Gasteiger partial charge in [0.25, 0.3) is 11.5 Å². The summed E-state index contributed by atoms with van der Waals surface area (Å²) < 4.78 is 2.06. The minimum Gasteiger partial charge on any atom is -0.343 e. The van der Waals surface area contributed by atoms with Crippen LogP contribution in [0.15, 0.2) is 23.5 Å². The maximum Gasteiger partial charge on any atom is 0.271 e. The van der Waals surface area contributed by atoms with Gasteiger partial charge in [-0.3, -0.25) is 9.59 Å². The first-order valence-corrected chi connectivity index (χ1v) is 7.45. The molecule has 0 saturated heterocycles. The Kier molecular flexibility index (Phi) is 4.27. The number of carbonyl (C=O) groups is 1. The van der Waals surface area contributed by atoms with Crippen LogP contribution in [0.2, 0.25) is 0 Å². The summed E-state index contributed by atoms with van der Waals surface area (Å²) >= 11 is 0. The number of hydrogen-bond donors (Lipinski definition) is 2. The van der Waals surface area contributed by atoms with Crippen LogP contribution < -0.4 is 10.9 Å². The first-order chi connectivity index (χ1) is 10.7. The standard InChI is InChI=1S/C14H18N6O2/c21-13-8-15-11(6-16-13)14(22)17-7-12-19-18-9-20(12)10-4-2-1-3-5-10/h6,8-10H,1-5,7H2,(H,16,21)(H,17,22). The monoisotopic (exact) mass is 302 g/mol. The summed E-state index contributed by atoms with van der Waals surface area (Å²) in [6.45, 7) is 0.288. The molecule has 1 aliphatic rings. The van der Waals surface area contributed by atoms with Gasteiger partial charge in [-0.25, -0.2) is 4.98 Å². The number of hydrogen-bond acceptors (Lipinski definition) is 5. The Balaban J connectivity index is 1.64. The van der Waals surface area contributed by atoms with Gasteiger partial charge in [-0.05, 0) is 12.8 Å². The van der Waals surface area contributed by atoms with Crippen molar-refractivity contribution in [3.63, 3.8) is 0 Å². The van der Waals surface area contributed by atoms with E-state index in [0.29, 0.717) is 6.04 Å². The molecule has 0 aliphatic heterocycles. The van der Waals surface area contributed by atoms with Crippen LogP contribution in [0.5, 0.6) is 0 Å². The number of carbonyl (C=O) groups excluding carboxylic acids is 1. The van der Waals surface area contributed by atoms with Crippen molar-refractivity contribution in [3.8, 4) is 0 Å². The van der Waals surface area contributed by atoms with Crippen molar-refractivity contribution in [1.29, 1.82) is 0 Å². The predicted octanol–water partition coefficient (Wildman–Crippen LogP) is 0.797. The van der Waals surface area contributed by atoms with Gasteiger partial charge in [0.2, 0.25) is 0 Å². The molecule has 1 amide bonds. The quantitative estimate of drug-likeness (QED) is 0.869. The van der Waals surface area contributed by atoms with Gasteiger partial charge in [0.1, 0.15) is 12.0 Å². The normalized spacial score (nSPS) is 15.6. The summed E-state index contributed by atoms with van der Waals surface area (Å²) in [5, 5.41) is 10.8. The summed E-state index contributed by atoms with van der Waals surface area (Å²) in [6, 6.07) is 0.418. The molecule has 8 heteroatoms. The fraction of sp³-hybridized carbons (Fsp3) is 0.500. The summed E-state index contributed by atoms with van der Waals surface area (Å²) in [5.41, 5.74) is -0.170. The largest absolute Gasteiger partial charge is 0.343 e. The third kappa shape index (κ3) is 3.21. The third-order valence-corrected chi connectivity index (χ3v) is 3.93. The van der Waals surface area contributed by atoms with Crippen molar-refractivity contribution in [3.05, 3.63) is 40.6 Å². The molecule has 2 aromatic rings. The van der Waals surface area contributed by atoms with Crippen LogP contribution in [-0.4, -0.2) is 30.6 Å². The van der Waals surface area contributed by atoms with E-state index in [0.717, 1.165) is 24.9 Å². The van der Waals surface area contributed by atoms with Crippen molar-refractivity contribution in [2.45, 2.75) is 44.7 Å². The Hall–Kier alpha value is -2.51. The van der Waals surface area contributed by atoms with Gasteiger partial charge in [-0.2, -0.15) is 0 Å². The van der Waals surface area contributed by atoms with E-state index in [1.54, 1.807) is 6.33 Å². The Morgan fingerprint density at radius 2 is 2.18 bits per heavy atom. The molecule has 0 atom stereocenters. The van der Waals surface area contributed by atoms with Gasteiger partial charge in [0.15, 0.2) is 5.82 Å². The van der Waals surface area contributed by atoms with Crippen molar-refractivity contribution < 1.29 is 4.79 Å². The topological polar surface area (TPSA) is 106 Å². The smallest absolute Gasteiger partial charge is 0.271 e. The van der Waals surface area contributed by atoms with E-state index in [-0.39, 0.29) is 23.7 Å². The number of nitrogens with one attached hydrogen (secondary N) is 2. The number of amides is 1. The Bertz CT molecular complexity index is 681. The minimum absolute atomic E-state index is 0.170. The average Bonchev–Trinajstić information content (AvgIpc) is 3.02. The number of H-pyrrole nitrogens is 1. The number of nitrogens with zero attached hydrogens (tertiary/aromatic N) is 4. The minimum atomic E-state index is -0.352. The maximum absolute atomic E-state index is 12.0. The summed E-state index contributed by atoms with van der Waals surface area (Å²) in [5.74, 6) is 0.388. The molecule has 22 heavy (non-hydrogen) atoms. The number of rotatable bonds is 4. The molecule has 0 spiro atoms. The first-order valence-electron chi connectivity index (χ1n) is 7.45. The van der Waals surface area contributed by atoms with Crippen molar-refractivity contribution in [2.24, 2.45) is 0 Å². The van der Waals surface area contributed by atoms with E-state index >= 15 is 0 Å². The van der Waals surface area contributed by atoms with Gasteiger partial charge in [-0.1, -0.05) is 19.3 Å². The van der Waals surface area contributed by atoms with E-state index in [9.17, 15) is 9.59 Å². The van der Waals surface area contributed by atoms with Gasteiger partial charge in [0, 0.05) is 12.2 Å². The molecule has 0 radical (unpaired) electrons. The van der Waals surface area contributed by atoms with Gasteiger partial charge < -0.3 is 14.9 Å². The second kappa shape index (κ2) is 6.50. The lowest BCUT2D eigenvalue weighted by Gasteiger charge is -2.23. The van der Waals surface area contributed by atoms with E-state index in [2.05, 4.69) is 30.0 Å². The highest BCUT2D eigenvalue weighted by Gasteiger charge is 2.19. The number of aromatic nitrogens is 5. The van der Waals surface area contributed by atoms with Gasteiger partial charge in [0.05, 0.1) is 12.7 Å². The molecule has 2 aromatic heterocycles. The Labute approximate surface area is 127 Å². The maximum atomic E-state index is 12.0. The zero-order chi connectivity index (χ0) is 15.4. The van der Waals surface area contributed by atoms with Crippen LogP contribution >= 0.6 is 0 Å². The highest BCUT2D eigenvalue weighted by Crippen LogP contribution is 2.28. The van der Waals surface area contributed by atoms with Crippen LogP contribution in [0, 0.1) is 0 Å². The molecule has 0 unspecified atom stereocenters.